The molecule has 0 radical (unpaired) electrons. The van der Waals surface area contributed by atoms with Gasteiger partial charge in [-0.05, 0) is 47.4 Å². The minimum Gasteiger partial charge on any atom is -0.481 e. The van der Waals surface area contributed by atoms with Gasteiger partial charge in [-0.3, -0.25) is 9.59 Å². The van der Waals surface area contributed by atoms with Gasteiger partial charge in [0, 0.05) is 24.9 Å². The standard InChI is InChI=1S/C28H34N2O5/c1-18(14-15-26(31)32)16-29-27(33)23-12-6-7-13-25(23)30-28(34)35-17-24-21-10-4-2-8-19(21)20-9-3-5-11-22(20)24/h2-5,8-11,18,23-25H,6-7,12-17H2,1H3,(H,29,33)(H,30,34)(H,31,32). The molecule has 0 heterocycles. The van der Waals surface area contributed by atoms with Crippen molar-refractivity contribution in [1.29, 1.82) is 0 Å². The van der Waals surface area contributed by atoms with Gasteiger partial charge >= 0.3 is 12.1 Å². The second-order valence-corrected chi connectivity index (χ2v) is 9.75. The molecular weight excluding hydrogens is 444 g/mol. The normalized spacial score (nSPS) is 19.8. The smallest absolute Gasteiger partial charge is 0.407 e. The van der Waals surface area contributed by atoms with E-state index < -0.39 is 12.1 Å². The van der Waals surface area contributed by atoms with E-state index in [4.69, 9.17) is 9.84 Å². The van der Waals surface area contributed by atoms with E-state index in [0.29, 0.717) is 19.4 Å². The number of benzene rings is 2. The summed E-state index contributed by atoms with van der Waals surface area (Å²) in [5.74, 6) is -1.16. The van der Waals surface area contributed by atoms with Crippen molar-refractivity contribution < 1.29 is 24.2 Å². The number of hydrogen-bond acceptors (Lipinski definition) is 4. The summed E-state index contributed by atoms with van der Waals surface area (Å²) < 4.78 is 5.69. The summed E-state index contributed by atoms with van der Waals surface area (Å²) in [7, 11) is 0. The quantitative estimate of drug-likeness (QED) is 0.485. The molecule has 2 aliphatic carbocycles. The lowest BCUT2D eigenvalue weighted by Gasteiger charge is -2.31. The van der Waals surface area contributed by atoms with E-state index >= 15 is 0 Å². The predicted molar refractivity (Wildman–Crippen MR) is 133 cm³/mol. The highest BCUT2D eigenvalue weighted by molar-refractivity contribution is 5.81. The Morgan fingerprint density at radius 2 is 1.63 bits per heavy atom. The van der Waals surface area contributed by atoms with Gasteiger partial charge in [-0.15, -0.1) is 0 Å². The number of amides is 2. The molecule has 2 aromatic carbocycles. The minimum absolute atomic E-state index is 0.00843. The molecule has 35 heavy (non-hydrogen) atoms. The van der Waals surface area contributed by atoms with Gasteiger partial charge in [0.2, 0.25) is 5.91 Å². The average molecular weight is 479 g/mol. The van der Waals surface area contributed by atoms with Crippen molar-refractivity contribution in [1.82, 2.24) is 10.6 Å². The zero-order valence-corrected chi connectivity index (χ0v) is 20.2. The third kappa shape index (κ3) is 6.02. The fourth-order valence-corrected chi connectivity index (χ4v) is 5.29. The molecule has 4 rings (SSSR count). The molecular formula is C28H34N2O5. The lowest BCUT2D eigenvalue weighted by molar-refractivity contribution is -0.137. The first-order valence-electron chi connectivity index (χ1n) is 12.5. The fraction of sp³-hybridized carbons (Fsp3) is 0.464. The summed E-state index contributed by atoms with van der Waals surface area (Å²) in [6.45, 7) is 2.60. The number of nitrogens with one attached hydrogen (secondary N) is 2. The third-order valence-electron chi connectivity index (χ3n) is 7.23. The van der Waals surface area contributed by atoms with Crippen molar-refractivity contribution in [3.8, 4) is 11.1 Å². The number of carboxylic acids is 1. The van der Waals surface area contributed by atoms with Crippen LogP contribution in [0.3, 0.4) is 0 Å². The van der Waals surface area contributed by atoms with Crippen LogP contribution in [-0.2, 0) is 14.3 Å². The van der Waals surface area contributed by atoms with E-state index in [1.165, 1.54) is 11.1 Å². The van der Waals surface area contributed by atoms with Gasteiger partial charge < -0.3 is 20.5 Å². The van der Waals surface area contributed by atoms with E-state index in [1.807, 2.05) is 31.2 Å². The molecule has 7 heteroatoms. The number of carboxylic acid groups (broad SMARTS) is 1. The van der Waals surface area contributed by atoms with Crippen LogP contribution in [0.15, 0.2) is 48.5 Å². The van der Waals surface area contributed by atoms with Gasteiger partial charge in [-0.1, -0.05) is 68.3 Å². The molecule has 0 bridgehead atoms. The number of hydrogen-bond donors (Lipinski definition) is 3. The highest BCUT2D eigenvalue weighted by Crippen LogP contribution is 2.44. The van der Waals surface area contributed by atoms with Crippen LogP contribution >= 0.6 is 0 Å². The Balaban J connectivity index is 1.31. The van der Waals surface area contributed by atoms with Crippen LogP contribution < -0.4 is 10.6 Å². The molecule has 2 aromatic rings. The van der Waals surface area contributed by atoms with Crippen molar-refractivity contribution in [2.45, 2.75) is 57.4 Å². The van der Waals surface area contributed by atoms with E-state index in [1.54, 1.807) is 0 Å². The van der Waals surface area contributed by atoms with Crippen LogP contribution in [0.5, 0.6) is 0 Å². The molecule has 186 valence electrons. The number of alkyl carbamates (subject to hydrolysis) is 1. The van der Waals surface area contributed by atoms with E-state index in [0.717, 1.165) is 30.4 Å². The van der Waals surface area contributed by atoms with E-state index in [9.17, 15) is 14.4 Å². The molecule has 1 fully saturated rings. The molecule has 0 aliphatic heterocycles. The first-order valence-corrected chi connectivity index (χ1v) is 12.5. The summed E-state index contributed by atoms with van der Waals surface area (Å²) >= 11 is 0. The van der Waals surface area contributed by atoms with Gasteiger partial charge in [0.25, 0.3) is 0 Å². The zero-order valence-electron chi connectivity index (χ0n) is 20.2. The monoisotopic (exact) mass is 478 g/mol. The Labute approximate surface area is 206 Å². The number of carbonyl (C=O) groups excluding carboxylic acids is 2. The Kier molecular flexibility index (Phi) is 8.06. The van der Waals surface area contributed by atoms with Crippen LogP contribution in [0.25, 0.3) is 11.1 Å². The molecule has 2 aliphatic rings. The molecule has 7 nitrogen and oxygen atoms in total. The third-order valence-corrected chi connectivity index (χ3v) is 7.23. The lowest BCUT2D eigenvalue weighted by Crippen LogP contribution is -2.49. The van der Waals surface area contributed by atoms with E-state index in [-0.39, 0.29) is 42.7 Å². The first-order chi connectivity index (χ1) is 16.9. The largest absolute Gasteiger partial charge is 0.481 e. The summed E-state index contributed by atoms with van der Waals surface area (Å²) in [6.07, 6.45) is 3.45. The van der Waals surface area contributed by atoms with Crippen molar-refractivity contribution in [3.05, 3.63) is 59.7 Å². The van der Waals surface area contributed by atoms with Crippen LogP contribution in [0.2, 0.25) is 0 Å². The van der Waals surface area contributed by atoms with Crippen molar-refractivity contribution in [2.75, 3.05) is 13.2 Å². The van der Waals surface area contributed by atoms with Crippen LogP contribution in [0, 0.1) is 11.8 Å². The second-order valence-electron chi connectivity index (χ2n) is 9.75. The Hall–Kier alpha value is -3.35. The first kappa shape index (κ1) is 24.8. The molecule has 0 saturated heterocycles. The maximum atomic E-state index is 12.9. The molecule has 3 N–H and O–H groups in total. The number of ether oxygens (including phenoxy) is 1. The Morgan fingerprint density at radius 3 is 2.29 bits per heavy atom. The summed E-state index contributed by atoms with van der Waals surface area (Å²) in [5, 5.41) is 14.7. The maximum Gasteiger partial charge on any atom is 0.407 e. The van der Waals surface area contributed by atoms with Gasteiger partial charge in [0.1, 0.15) is 6.61 Å². The predicted octanol–water partition coefficient (Wildman–Crippen LogP) is 4.70. The summed E-state index contributed by atoms with van der Waals surface area (Å²) in [5.41, 5.74) is 4.68. The molecule has 2 amide bonds. The minimum atomic E-state index is -0.831. The highest BCUT2D eigenvalue weighted by Gasteiger charge is 2.33. The summed E-state index contributed by atoms with van der Waals surface area (Å²) in [6, 6.07) is 16.1. The zero-order chi connectivity index (χ0) is 24.8. The molecule has 3 unspecified atom stereocenters. The van der Waals surface area contributed by atoms with Gasteiger partial charge in [-0.2, -0.15) is 0 Å². The van der Waals surface area contributed by atoms with Crippen molar-refractivity contribution in [3.63, 3.8) is 0 Å². The van der Waals surface area contributed by atoms with E-state index in [2.05, 4.69) is 34.9 Å². The van der Waals surface area contributed by atoms with Gasteiger partial charge in [0.15, 0.2) is 0 Å². The molecule has 1 saturated carbocycles. The second kappa shape index (κ2) is 11.4. The average Bonchev–Trinajstić information content (AvgIpc) is 3.19. The highest BCUT2D eigenvalue weighted by atomic mass is 16.5. The number of carbonyl (C=O) groups is 3. The van der Waals surface area contributed by atoms with Crippen LogP contribution in [-0.4, -0.2) is 42.3 Å². The maximum absolute atomic E-state index is 12.9. The van der Waals surface area contributed by atoms with Crippen molar-refractivity contribution in [2.24, 2.45) is 11.8 Å². The Morgan fingerprint density at radius 1 is 1.00 bits per heavy atom. The van der Waals surface area contributed by atoms with Gasteiger partial charge in [-0.25, -0.2) is 4.79 Å². The number of aliphatic carboxylic acids is 1. The van der Waals surface area contributed by atoms with Crippen LogP contribution in [0.4, 0.5) is 4.79 Å². The van der Waals surface area contributed by atoms with Crippen molar-refractivity contribution >= 4 is 18.0 Å². The topological polar surface area (TPSA) is 105 Å². The molecule has 0 aromatic heterocycles. The molecule has 3 atom stereocenters. The van der Waals surface area contributed by atoms with Crippen LogP contribution in [0.1, 0.15) is 62.5 Å². The molecule has 0 spiro atoms. The number of rotatable bonds is 9. The van der Waals surface area contributed by atoms with Gasteiger partial charge in [0.05, 0.1) is 5.92 Å². The lowest BCUT2D eigenvalue weighted by atomic mass is 9.84. The fourth-order valence-electron chi connectivity index (χ4n) is 5.29. The summed E-state index contributed by atoms with van der Waals surface area (Å²) in [4.78, 5) is 36.4. The Bertz CT molecular complexity index is 1020. The SMILES string of the molecule is CC(CCC(=O)O)CNC(=O)C1CCCCC1NC(=O)OCC1c2ccccc2-c2ccccc21. The number of fused-ring (bicyclic) bond motifs is 3.